The van der Waals surface area contributed by atoms with Gasteiger partial charge in [-0.05, 0) is 50.6 Å². The second-order valence-corrected chi connectivity index (χ2v) is 8.01. The zero-order valence-electron chi connectivity index (χ0n) is 18.5. The van der Waals surface area contributed by atoms with Gasteiger partial charge in [0.15, 0.2) is 0 Å². The molecule has 3 aromatic rings. The highest BCUT2D eigenvalue weighted by molar-refractivity contribution is 6.46. The first-order valence-corrected chi connectivity index (χ1v) is 10.4. The van der Waals surface area contributed by atoms with Crippen LogP contribution in [0, 0.1) is 20.8 Å². The Morgan fingerprint density at radius 2 is 1.81 bits per heavy atom. The molecule has 2 aromatic carbocycles. The number of carbonyl (C=O) groups is 2. The molecular formula is C26H25NO5. The van der Waals surface area contributed by atoms with Crippen LogP contribution in [-0.2, 0) is 16.1 Å². The van der Waals surface area contributed by atoms with Crippen LogP contribution in [0.25, 0.3) is 5.76 Å². The number of benzene rings is 2. The minimum Gasteiger partial charge on any atom is -0.507 e. The number of furan rings is 1. The number of Topliss-reactive ketones (excluding diaryl/α,β-unsaturated/α-hetero) is 1. The van der Waals surface area contributed by atoms with Crippen molar-refractivity contribution in [3.05, 3.63) is 93.9 Å². The van der Waals surface area contributed by atoms with Crippen molar-refractivity contribution >= 4 is 17.4 Å². The van der Waals surface area contributed by atoms with Crippen LogP contribution in [0.2, 0.25) is 0 Å². The largest absolute Gasteiger partial charge is 0.507 e. The molecule has 1 atom stereocenters. The molecular weight excluding hydrogens is 406 g/mol. The summed E-state index contributed by atoms with van der Waals surface area (Å²) >= 11 is 0. The summed E-state index contributed by atoms with van der Waals surface area (Å²) in [5.41, 5.74) is 3.03. The van der Waals surface area contributed by atoms with Crippen molar-refractivity contribution < 1.29 is 23.8 Å². The molecule has 2 heterocycles. The SMILES string of the molecule is COc1ccccc1CN1C(=O)C(=O)/C(=C(/O)c2cc(C)ccc2C)C1c1ccc(C)o1. The number of rotatable bonds is 5. The summed E-state index contributed by atoms with van der Waals surface area (Å²) in [5.74, 6) is 0.0432. The van der Waals surface area contributed by atoms with Crippen LogP contribution in [0.5, 0.6) is 5.75 Å². The standard InChI is InChI=1S/C26H25NO5/c1-15-9-10-16(2)19(13-15)24(28)22-23(21-12-11-17(3)32-21)27(26(30)25(22)29)14-18-7-5-6-8-20(18)31-4/h5-13,23,28H,14H2,1-4H3/b24-22+. The summed E-state index contributed by atoms with van der Waals surface area (Å²) in [6.45, 7) is 5.68. The van der Waals surface area contributed by atoms with Crippen molar-refractivity contribution in [2.75, 3.05) is 7.11 Å². The Kier molecular flexibility index (Phi) is 5.61. The number of ether oxygens (including phenoxy) is 1. The van der Waals surface area contributed by atoms with E-state index in [1.807, 2.05) is 50.2 Å². The fourth-order valence-corrected chi connectivity index (χ4v) is 4.09. The summed E-state index contributed by atoms with van der Waals surface area (Å²) in [6, 6.07) is 15.6. The van der Waals surface area contributed by atoms with Gasteiger partial charge in [-0.3, -0.25) is 9.59 Å². The van der Waals surface area contributed by atoms with Crippen LogP contribution in [0.3, 0.4) is 0 Å². The predicted octanol–water partition coefficient (Wildman–Crippen LogP) is 4.84. The van der Waals surface area contributed by atoms with Crippen molar-refractivity contribution in [1.82, 2.24) is 4.90 Å². The molecule has 1 aliphatic rings. The van der Waals surface area contributed by atoms with E-state index in [4.69, 9.17) is 9.15 Å². The minimum absolute atomic E-state index is 0.0212. The molecule has 6 heteroatoms. The summed E-state index contributed by atoms with van der Waals surface area (Å²) in [6.07, 6.45) is 0. The van der Waals surface area contributed by atoms with Gasteiger partial charge < -0.3 is 19.2 Å². The van der Waals surface area contributed by atoms with Gasteiger partial charge in [0, 0.05) is 11.1 Å². The number of hydrogen-bond acceptors (Lipinski definition) is 5. The van der Waals surface area contributed by atoms with Gasteiger partial charge in [0.1, 0.15) is 29.1 Å². The smallest absolute Gasteiger partial charge is 0.296 e. The lowest BCUT2D eigenvalue weighted by Gasteiger charge is -2.24. The Morgan fingerprint density at radius 3 is 2.50 bits per heavy atom. The van der Waals surface area contributed by atoms with Crippen LogP contribution in [0.1, 0.15) is 39.8 Å². The van der Waals surface area contributed by atoms with Gasteiger partial charge in [0.25, 0.3) is 11.7 Å². The molecule has 0 spiro atoms. The van der Waals surface area contributed by atoms with Gasteiger partial charge in [0.05, 0.1) is 19.2 Å². The summed E-state index contributed by atoms with van der Waals surface area (Å²) in [7, 11) is 1.56. The van der Waals surface area contributed by atoms with E-state index in [1.165, 1.54) is 4.90 Å². The molecule has 6 nitrogen and oxygen atoms in total. The van der Waals surface area contributed by atoms with E-state index < -0.39 is 17.7 Å². The lowest BCUT2D eigenvalue weighted by Crippen LogP contribution is -2.29. The lowest BCUT2D eigenvalue weighted by atomic mass is 9.96. The monoisotopic (exact) mass is 431 g/mol. The minimum atomic E-state index is -0.853. The number of likely N-dealkylation sites (tertiary alicyclic amines) is 1. The molecule has 0 saturated carbocycles. The first kappa shape index (κ1) is 21.4. The third kappa shape index (κ3) is 3.68. The highest BCUT2D eigenvalue weighted by Gasteiger charge is 2.47. The molecule has 0 bridgehead atoms. The number of methoxy groups -OCH3 is 1. The molecule has 1 amide bonds. The average Bonchev–Trinajstić information content (AvgIpc) is 3.31. The van der Waals surface area contributed by atoms with Gasteiger partial charge in [-0.25, -0.2) is 0 Å². The number of nitrogens with zero attached hydrogens (tertiary/aromatic N) is 1. The van der Waals surface area contributed by atoms with Crippen molar-refractivity contribution in [3.8, 4) is 5.75 Å². The fraction of sp³-hybridized carbons (Fsp3) is 0.231. The molecule has 1 saturated heterocycles. The third-order valence-corrected chi connectivity index (χ3v) is 5.75. The quantitative estimate of drug-likeness (QED) is 0.355. The zero-order valence-corrected chi connectivity index (χ0v) is 18.5. The molecule has 0 radical (unpaired) electrons. The molecule has 0 aliphatic carbocycles. The average molecular weight is 431 g/mol. The van der Waals surface area contributed by atoms with Crippen molar-refractivity contribution in [3.63, 3.8) is 0 Å². The highest BCUT2D eigenvalue weighted by atomic mass is 16.5. The summed E-state index contributed by atoms with van der Waals surface area (Å²) in [4.78, 5) is 27.8. The number of aryl methyl sites for hydroxylation is 3. The number of amides is 1. The van der Waals surface area contributed by atoms with Gasteiger partial charge in [-0.1, -0.05) is 35.9 Å². The first-order chi connectivity index (χ1) is 15.3. The zero-order chi connectivity index (χ0) is 23.0. The van der Waals surface area contributed by atoms with Gasteiger partial charge in [-0.2, -0.15) is 0 Å². The van der Waals surface area contributed by atoms with E-state index in [0.717, 1.165) is 16.7 Å². The van der Waals surface area contributed by atoms with E-state index >= 15 is 0 Å². The number of para-hydroxylation sites is 1. The molecule has 1 N–H and O–H groups in total. The number of carbonyl (C=O) groups excluding carboxylic acids is 2. The molecule has 32 heavy (non-hydrogen) atoms. The Hall–Kier alpha value is -3.80. The van der Waals surface area contributed by atoms with Crippen molar-refractivity contribution in [2.45, 2.75) is 33.4 Å². The normalized spacial score (nSPS) is 17.8. The Balaban J connectivity index is 1.89. The van der Waals surface area contributed by atoms with Gasteiger partial charge in [0.2, 0.25) is 0 Å². The fourth-order valence-electron chi connectivity index (χ4n) is 4.09. The molecule has 164 valence electrons. The van der Waals surface area contributed by atoms with Crippen LogP contribution in [-0.4, -0.2) is 28.8 Å². The Bertz CT molecular complexity index is 1240. The van der Waals surface area contributed by atoms with E-state index in [1.54, 1.807) is 32.2 Å². The van der Waals surface area contributed by atoms with E-state index in [2.05, 4.69) is 0 Å². The second-order valence-electron chi connectivity index (χ2n) is 8.01. The van der Waals surface area contributed by atoms with Crippen molar-refractivity contribution in [1.29, 1.82) is 0 Å². The lowest BCUT2D eigenvalue weighted by molar-refractivity contribution is -0.140. The van der Waals surface area contributed by atoms with E-state index in [9.17, 15) is 14.7 Å². The van der Waals surface area contributed by atoms with Crippen LogP contribution in [0.4, 0.5) is 0 Å². The van der Waals surface area contributed by atoms with Gasteiger partial charge in [-0.15, -0.1) is 0 Å². The van der Waals surface area contributed by atoms with E-state index in [-0.39, 0.29) is 17.9 Å². The molecule has 4 rings (SSSR count). The maximum absolute atomic E-state index is 13.2. The van der Waals surface area contributed by atoms with Crippen LogP contribution in [0.15, 0.2) is 64.6 Å². The number of ketones is 1. The topological polar surface area (TPSA) is 80.0 Å². The molecule has 1 fully saturated rings. The van der Waals surface area contributed by atoms with Gasteiger partial charge >= 0.3 is 0 Å². The number of aliphatic hydroxyl groups is 1. The summed E-state index contributed by atoms with van der Waals surface area (Å²) in [5, 5.41) is 11.3. The van der Waals surface area contributed by atoms with Crippen molar-refractivity contribution in [2.24, 2.45) is 0 Å². The number of hydrogen-bond donors (Lipinski definition) is 1. The Morgan fingerprint density at radius 1 is 1.06 bits per heavy atom. The molecule has 1 aromatic heterocycles. The maximum atomic E-state index is 13.2. The van der Waals surface area contributed by atoms with E-state index in [0.29, 0.717) is 22.8 Å². The van der Waals surface area contributed by atoms with Crippen LogP contribution < -0.4 is 4.74 Å². The maximum Gasteiger partial charge on any atom is 0.296 e. The van der Waals surface area contributed by atoms with Crippen LogP contribution >= 0.6 is 0 Å². The highest BCUT2D eigenvalue weighted by Crippen LogP contribution is 2.42. The Labute approximate surface area is 186 Å². The number of aliphatic hydroxyl groups excluding tert-OH is 1. The first-order valence-electron chi connectivity index (χ1n) is 10.4. The predicted molar refractivity (Wildman–Crippen MR) is 120 cm³/mol. The summed E-state index contributed by atoms with van der Waals surface area (Å²) < 4.78 is 11.3. The third-order valence-electron chi connectivity index (χ3n) is 5.75. The second kappa shape index (κ2) is 8.38. The molecule has 1 unspecified atom stereocenters. The molecule has 1 aliphatic heterocycles.